The molecule has 0 radical (unpaired) electrons. The molecule has 0 aliphatic rings. The number of methoxy groups -OCH3 is 1. The summed E-state index contributed by atoms with van der Waals surface area (Å²) in [5.41, 5.74) is 0.626. The number of aliphatic carboxylic acids is 1. The van der Waals surface area contributed by atoms with Crippen molar-refractivity contribution in [3.63, 3.8) is 0 Å². The summed E-state index contributed by atoms with van der Waals surface area (Å²) >= 11 is 2.63. The smallest absolute Gasteiger partial charge is 0.303 e. The van der Waals surface area contributed by atoms with Gasteiger partial charge in [0.2, 0.25) is 0 Å². The zero-order valence-corrected chi connectivity index (χ0v) is 24.0. The summed E-state index contributed by atoms with van der Waals surface area (Å²) < 4.78 is 18.8. The Hall–Kier alpha value is -3.83. The van der Waals surface area contributed by atoms with Gasteiger partial charge < -0.3 is 19.3 Å². The van der Waals surface area contributed by atoms with Crippen molar-refractivity contribution in [3.05, 3.63) is 46.2 Å². The molecule has 0 spiro atoms. The summed E-state index contributed by atoms with van der Waals surface area (Å²) in [5, 5.41) is 9.69. The van der Waals surface area contributed by atoms with E-state index in [0.29, 0.717) is 52.3 Å². The number of rotatable bonds is 15. The molecule has 3 aromatic heterocycles. The lowest BCUT2D eigenvalue weighted by molar-refractivity contribution is -0.137. The number of pyridine rings is 1. The number of carboxylic acids is 1. The maximum absolute atomic E-state index is 12.6. The largest absolute Gasteiger partial charge is 0.493 e. The van der Waals surface area contributed by atoms with Gasteiger partial charge in [-0.2, -0.15) is 0 Å². The minimum Gasteiger partial charge on any atom is -0.493 e. The lowest BCUT2D eigenvalue weighted by Gasteiger charge is -2.10. The first-order valence-electron chi connectivity index (χ1n) is 12.7. The SMILES string of the molecule is COc1cc2sc(C(=O)C[C@H](C)C(C)=O)cc2nc1OCCCOc1ccc2cc(C(=O)CCC(=O)O)sc2c1. The highest BCUT2D eigenvalue weighted by atomic mass is 32.1. The number of hydrogen-bond donors (Lipinski definition) is 1. The van der Waals surface area contributed by atoms with Crippen LogP contribution >= 0.6 is 22.7 Å². The van der Waals surface area contributed by atoms with Crippen molar-refractivity contribution >= 4 is 66.3 Å². The highest BCUT2D eigenvalue weighted by Gasteiger charge is 2.19. The summed E-state index contributed by atoms with van der Waals surface area (Å²) in [6.45, 7) is 3.94. The van der Waals surface area contributed by atoms with Crippen molar-refractivity contribution in [2.24, 2.45) is 5.92 Å². The Morgan fingerprint density at radius 3 is 2.38 bits per heavy atom. The molecule has 40 heavy (non-hydrogen) atoms. The van der Waals surface area contributed by atoms with Crippen molar-refractivity contribution in [2.75, 3.05) is 20.3 Å². The van der Waals surface area contributed by atoms with Crippen LogP contribution in [0.1, 0.15) is 58.9 Å². The molecule has 9 nitrogen and oxygen atoms in total. The Bertz CT molecular complexity index is 1570. The molecule has 0 saturated carbocycles. The van der Waals surface area contributed by atoms with E-state index in [4.69, 9.17) is 19.3 Å². The number of carboxylic acid groups (broad SMARTS) is 1. The van der Waals surface area contributed by atoms with Crippen LogP contribution in [0.5, 0.6) is 17.4 Å². The van der Waals surface area contributed by atoms with Crippen LogP contribution in [0.4, 0.5) is 0 Å². The second-order valence-corrected chi connectivity index (χ2v) is 11.5. The predicted molar refractivity (Wildman–Crippen MR) is 154 cm³/mol. The Morgan fingerprint density at radius 1 is 0.925 bits per heavy atom. The van der Waals surface area contributed by atoms with Gasteiger partial charge in [-0.15, -0.1) is 22.7 Å². The first-order valence-corrected chi connectivity index (χ1v) is 14.3. The van der Waals surface area contributed by atoms with Crippen molar-refractivity contribution in [1.29, 1.82) is 0 Å². The average Bonchev–Trinajstić information content (AvgIpc) is 3.54. The number of Topliss-reactive ketones (excluding diaryl/α,β-unsaturated/α-hetero) is 3. The van der Waals surface area contributed by atoms with Crippen LogP contribution in [-0.4, -0.2) is 53.7 Å². The minimum atomic E-state index is -0.992. The topological polar surface area (TPSA) is 129 Å². The maximum atomic E-state index is 12.6. The van der Waals surface area contributed by atoms with E-state index in [9.17, 15) is 19.2 Å². The zero-order chi connectivity index (χ0) is 28.8. The van der Waals surface area contributed by atoms with Gasteiger partial charge in [0.25, 0.3) is 5.88 Å². The Labute approximate surface area is 238 Å². The highest BCUT2D eigenvalue weighted by Crippen LogP contribution is 2.35. The molecular weight excluding hydrogens is 554 g/mol. The van der Waals surface area contributed by atoms with Gasteiger partial charge in [-0.3, -0.25) is 19.2 Å². The van der Waals surface area contributed by atoms with E-state index < -0.39 is 5.97 Å². The summed E-state index contributed by atoms with van der Waals surface area (Å²) in [4.78, 5) is 52.7. The van der Waals surface area contributed by atoms with Crippen LogP contribution in [0.2, 0.25) is 0 Å². The number of fused-ring (bicyclic) bond motifs is 2. The number of aromatic nitrogens is 1. The van der Waals surface area contributed by atoms with E-state index >= 15 is 0 Å². The lowest BCUT2D eigenvalue weighted by atomic mass is 10.0. The lowest BCUT2D eigenvalue weighted by Crippen LogP contribution is -2.11. The van der Waals surface area contributed by atoms with Crippen LogP contribution in [0.3, 0.4) is 0 Å². The molecule has 4 aromatic rings. The molecule has 0 aliphatic carbocycles. The van der Waals surface area contributed by atoms with Gasteiger partial charge in [0.15, 0.2) is 17.3 Å². The molecule has 0 aliphatic heterocycles. The normalized spacial score (nSPS) is 11.9. The van der Waals surface area contributed by atoms with Crippen molar-refractivity contribution in [1.82, 2.24) is 4.98 Å². The molecule has 210 valence electrons. The minimum absolute atomic E-state index is 0.0171. The van der Waals surface area contributed by atoms with Gasteiger partial charge in [0.05, 0.1) is 46.7 Å². The van der Waals surface area contributed by atoms with Crippen LogP contribution in [0.15, 0.2) is 36.4 Å². The molecule has 0 amide bonds. The first-order chi connectivity index (χ1) is 19.1. The fraction of sp³-hybridized carbons (Fsp3) is 0.345. The molecule has 1 N–H and O–H groups in total. The number of thiophene rings is 2. The van der Waals surface area contributed by atoms with Crippen molar-refractivity contribution < 1.29 is 38.5 Å². The number of benzene rings is 1. The molecule has 0 unspecified atom stereocenters. The van der Waals surface area contributed by atoms with E-state index in [2.05, 4.69) is 4.98 Å². The van der Waals surface area contributed by atoms with E-state index in [1.165, 1.54) is 36.7 Å². The average molecular weight is 584 g/mol. The van der Waals surface area contributed by atoms with Gasteiger partial charge in [0, 0.05) is 35.9 Å². The second-order valence-electron chi connectivity index (χ2n) is 9.31. The zero-order valence-electron chi connectivity index (χ0n) is 22.4. The summed E-state index contributed by atoms with van der Waals surface area (Å²) in [6.07, 6.45) is 0.521. The van der Waals surface area contributed by atoms with Gasteiger partial charge in [0.1, 0.15) is 11.5 Å². The molecule has 1 aromatic carbocycles. The van der Waals surface area contributed by atoms with Gasteiger partial charge in [-0.05, 0) is 42.6 Å². The standard InChI is InChI=1S/C29H29NO8S2/c1-16(17(2)31)11-22(33)27-14-20-25(40-27)15-23(36-3)29(30-20)38-10-4-9-37-19-6-5-18-12-26(39-24(18)13-19)21(32)7-8-28(34)35/h5-6,12-16H,4,7-11H2,1-3H3,(H,34,35)/t16-/m0/s1. The van der Waals surface area contributed by atoms with E-state index in [1.807, 2.05) is 18.2 Å². The van der Waals surface area contributed by atoms with Gasteiger partial charge >= 0.3 is 5.97 Å². The fourth-order valence-electron chi connectivity index (χ4n) is 3.84. The Balaban J connectivity index is 1.32. The summed E-state index contributed by atoms with van der Waals surface area (Å²) in [5.74, 6) is -0.169. The highest BCUT2D eigenvalue weighted by molar-refractivity contribution is 7.21. The third-order valence-corrected chi connectivity index (χ3v) is 8.50. The number of hydrogen-bond acceptors (Lipinski definition) is 10. The Kier molecular flexibility index (Phi) is 9.49. The number of nitrogens with zero attached hydrogens (tertiary/aromatic N) is 1. The molecule has 0 saturated heterocycles. The quantitative estimate of drug-likeness (QED) is 0.128. The Morgan fingerprint density at radius 2 is 1.65 bits per heavy atom. The van der Waals surface area contributed by atoms with Gasteiger partial charge in [-0.25, -0.2) is 4.98 Å². The number of carbonyl (C=O) groups is 4. The van der Waals surface area contributed by atoms with E-state index in [0.717, 1.165) is 14.8 Å². The predicted octanol–water partition coefficient (Wildman–Crippen LogP) is 6.21. The van der Waals surface area contributed by atoms with Crippen molar-refractivity contribution in [2.45, 2.75) is 39.5 Å². The molecule has 4 rings (SSSR count). The summed E-state index contributed by atoms with van der Waals surface area (Å²) in [7, 11) is 1.53. The molecule has 0 fully saturated rings. The van der Waals surface area contributed by atoms with E-state index in [1.54, 1.807) is 25.1 Å². The maximum Gasteiger partial charge on any atom is 0.303 e. The second kappa shape index (κ2) is 13.0. The monoisotopic (exact) mass is 583 g/mol. The molecule has 3 heterocycles. The van der Waals surface area contributed by atoms with Crippen LogP contribution in [0.25, 0.3) is 20.3 Å². The van der Waals surface area contributed by atoms with E-state index in [-0.39, 0.29) is 42.5 Å². The van der Waals surface area contributed by atoms with Gasteiger partial charge in [-0.1, -0.05) is 6.92 Å². The fourth-order valence-corrected chi connectivity index (χ4v) is 5.88. The first kappa shape index (κ1) is 29.2. The third-order valence-electron chi connectivity index (χ3n) is 6.24. The number of ether oxygens (including phenoxy) is 3. The molecule has 1 atom stereocenters. The van der Waals surface area contributed by atoms with Crippen molar-refractivity contribution in [3.8, 4) is 17.4 Å². The molecule has 0 bridgehead atoms. The third kappa shape index (κ3) is 7.22. The van der Waals surface area contributed by atoms with Crippen LogP contribution < -0.4 is 14.2 Å². The van der Waals surface area contributed by atoms with Crippen LogP contribution in [-0.2, 0) is 9.59 Å². The number of ketones is 3. The summed E-state index contributed by atoms with van der Waals surface area (Å²) in [6, 6.07) is 10.8. The molecular formula is C29H29NO8S2. The number of carbonyl (C=O) groups excluding carboxylic acids is 3. The van der Waals surface area contributed by atoms with Crippen LogP contribution in [0, 0.1) is 5.92 Å². The molecule has 11 heteroatoms.